The van der Waals surface area contributed by atoms with Crippen molar-refractivity contribution in [3.8, 4) is 0 Å². The minimum atomic E-state index is 0.531. The highest BCUT2D eigenvalue weighted by Gasteiger charge is 2.20. The zero-order chi connectivity index (χ0) is 8.81. The second-order valence-electron chi connectivity index (χ2n) is 3.55. The first-order valence-corrected chi connectivity index (χ1v) is 4.97. The van der Waals surface area contributed by atoms with Crippen molar-refractivity contribution >= 4 is 0 Å². The molecular weight excluding hydrogens is 152 g/mol. The minimum Gasteiger partial charge on any atom is -0.384 e. The fourth-order valence-corrected chi connectivity index (χ4v) is 1.94. The lowest BCUT2D eigenvalue weighted by atomic mass is 9.88. The number of hydrogen-bond donors (Lipinski definition) is 0. The number of hydrogen-bond acceptors (Lipinski definition) is 2. The molecule has 0 aromatic rings. The lowest BCUT2D eigenvalue weighted by molar-refractivity contribution is 0.0139. The Morgan fingerprint density at radius 1 is 1.17 bits per heavy atom. The molecule has 0 unspecified atom stereocenters. The molecule has 72 valence electrons. The van der Waals surface area contributed by atoms with Gasteiger partial charge in [-0.25, -0.2) is 0 Å². The standard InChI is InChI=1S/C10H20O2/c1-3-12-10-6-4-9(5-7-10)8-11-2/h9-10H,3-8H2,1-2H3. The molecule has 0 aromatic heterocycles. The largest absolute Gasteiger partial charge is 0.384 e. The lowest BCUT2D eigenvalue weighted by Crippen LogP contribution is -2.23. The van der Waals surface area contributed by atoms with Crippen LogP contribution in [0.2, 0.25) is 0 Å². The van der Waals surface area contributed by atoms with Crippen molar-refractivity contribution in [3.63, 3.8) is 0 Å². The molecule has 12 heavy (non-hydrogen) atoms. The molecule has 0 atom stereocenters. The summed E-state index contributed by atoms with van der Waals surface area (Å²) in [6.07, 6.45) is 5.53. The summed E-state index contributed by atoms with van der Waals surface area (Å²) in [5.74, 6) is 0.784. The molecule has 1 fully saturated rings. The van der Waals surface area contributed by atoms with Crippen LogP contribution >= 0.6 is 0 Å². The van der Waals surface area contributed by atoms with Gasteiger partial charge in [0, 0.05) is 20.3 Å². The van der Waals surface area contributed by atoms with Crippen LogP contribution in [-0.4, -0.2) is 26.4 Å². The first-order chi connectivity index (χ1) is 5.86. The number of methoxy groups -OCH3 is 1. The van der Waals surface area contributed by atoms with E-state index in [4.69, 9.17) is 9.47 Å². The van der Waals surface area contributed by atoms with E-state index in [0.717, 1.165) is 19.1 Å². The molecule has 1 saturated carbocycles. The second kappa shape index (κ2) is 5.55. The highest BCUT2D eigenvalue weighted by molar-refractivity contribution is 4.72. The van der Waals surface area contributed by atoms with E-state index in [-0.39, 0.29) is 0 Å². The van der Waals surface area contributed by atoms with E-state index in [1.807, 2.05) is 0 Å². The number of ether oxygens (including phenoxy) is 2. The summed E-state index contributed by atoms with van der Waals surface area (Å²) in [7, 11) is 1.79. The smallest absolute Gasteiger partial charge is 0.0575 e. The molecule has 1 aliphatic carbocycles. The van der Waals surface area contributed by atoms with Crippen molar-refractivity contribution in [2.75, 3.05) is 20.3 Å². The Bertz CT molecular complexity index is 92.4. The molecule has 0 bridgehead atoms. The van der Waals surface area contributed by atoms with Crippen LogP contribution in [0.4, 0.5) is 0 Å². The lowest BCUT2D eigenvalue weighted by Gasteiger charge is -2.27. The molecule has 0 amide bonds. The van der Waals surface area contributed by atoms with Gasteiger partial charge in [0.05, 0.1) is 6.10 Å². The summed E-state index contributed by atoms with van der Waals surface area (Å²) >= 11 is 0. The van der Waals surface area contributed by atoms with Crippen LogP contribution in [0.15, 0.2) is 0 Å². The molecule has 1 rings (SSSR count). The van der Waals surface area contributed by atoms with Gasteiger partial charge in [0.2, 0.25) is 0 Å². The Kier molecular flexibility index (Phi) is 4.62. The summed E-state index contributed by atoms with van der Waals surface area (Å²) in [5.41, 5.74) is 0. The van der Waals surface area contributed by atoms with E-state index < -0.39 is 0 Å². The van der Waals surface area contributed by atoms with Gasteiger partial charge in [0.15, 0.2) is 0 Å². The summed E-state index contributed by atoms with van der Waals surface area (Å²) in [6, 6.07) is 0. The van der Waals surface area contributed by atoms with Crippen molar-refractivity contribution < 1.29 is 9.47 Å². The van der Waals surface area contributed by atoms with E-state index in [1.165, 1.54) is 25.7 Å². The molecule has 0 saturated heterocycles. The van der Waals surface area contributed by atoms with Crippen LogP contribution in [0.5, 0.6) is 0 Å². The molecule has 0 aromatic carbocycles. The fourth-order valence-electron chi connectivity index (χ4n) is 1.94. The third-order valence-electron chi connectivity index (χ3n) is 2.60. The van der Waals surface area contributed by atoms with E-state index in [0.29, 0.717) is 6.10 Å². The maximum atomic E-state index is 5.57. The van der Waals surface area contributed by atoms with E-state index in [1.54, 1.807) is 7.11 Å². The van der Waals surface area contributed by atoms with E-state index in [2.05, 4.69) is 6.92 Å². The summed E-state index contributed by atoms with van der Waals surface area (Å²) in [5, 5.41) is 0. The van der Waals surface area contributed by atoms with E-state index >= 15 is 0 Å². The zero-order valence-corrected chi connectivity index (χ0v) is 8.21. The van der Waals surface area contributed by atoms with Gasteiger partial charge in [-0.15, -0.1) is 0 Å². The first-order valence-electron chi connectivity index (χ1n) is 4.97. The third kappa shape index (κ3) is 3.11. The van der Waals surface area contributed by atoms with Crippen LogP contribution in [0, 0.1) is 5.92 Å². The predicted molar refractivity (Wildman–Crippen MR) is 49.2 cm³/mol. The molecule has 0 heterocycles. The topological polar surface area (TPSA) is 18.5 Å². The van der Waals surface area contributed by atoms with Crippen LogP contribution in [-0.2, 0) is 9.47 Å². The Morgan fingerprint density at radius 3 is 2.33 bits per heavy atom. The third-order valence-corrected chi connectivity index (χ3v) is 2.60. The van der Waals surface area contributed by atoms with Gasteiger partial charge in [0.25, 0.3) is 0 Å². The zero-order valence-electron chi connectivity index (χ0n) is 8.21. The minimum absolute atomic E-state index is 0.531. The average molecular weight is 172 g/mol. The maximum absolute atomic E-state index is 5.57. The number of rotatable bonds is 4. The normalized spacial score (nSPS) is 30.5. The fraction of sp³-hybridized carbons (Fsp3) is 1.00. The molecule has 1 aliphatic rings. The maximum Gasteiger partial charge on any atom is 0.0575 e. The van der Waals surface area contributed by atoms with Crippen LogP contribution in [0.25, 0.3) is 0 Å². The summed E-state index contributed by atoms with van der Waals surface area (Å²) in [6.45, 7) is 3.86. The Morgan fingerprint density at radius 2 is 1.83 bits per heavy atom. The van der Waals surface area contributed by atoms with Gasteiger partial charge in [-0.2, -0.15) is 0 Å². The molecule has 0 N–H and O–H groups in total. The summed E-state index contributed by atoms with van der Waals surface area (Å²) < 4.78 is 10.7. The van der Waals surface area contributed by atoms with Gasteiger partial charge in [-0.05, 0) is 38.5 Å². The average Bonchev–Trinajstić information content (AvgIpc) is 2.09. The van der Waals surface area contributed by atoms with Gasteiger partial charge < -0.3 is 9.47 Å². The van der Waals surface area contributed by atoms with Crippen LogP contribution in [0.1, 0.15) is 32.6 Å². The SMILES string of the molecule is CCOC1CCC(COC)CC1. The van der Waals surface area contributed by atoms with Crippen molar-refractivity contribution in [2.24, 2.45) is 5.92 Å². The van der Waals surface area contributed by atoms with Crippen molar-refractivity contribution in [1.82, 2.24) is 0 Å². The van der Waals surface area contributed by atoms with Crippen molar-refractivity contribution in [1.29, 1.82) is 0 Å². The molecule has 2 nitrogen and oxygen atoms in total. The monoisotopic (exact) mass is 172 g/mol. The van der Waals surface area contributed by atoms with Gasteiger partial charge in [-0.1, -0.05) is 0 Å². The Labute approximate surface area is 75.2 Å². The first kappa shape index (κ1) is 10.0. The predicted octanol–water partition coefficient (Wildman–Crippen LogP) is 2.23. The van der Waals surface area contributed by atoms with Crippen LogP contribution in [0.3, 0.4) is 0 Å². The quantitative estimate of drug-likeness (QED) is 0.647. The Balaban J connectivity index is 2.11. The highest BCUT2D eigenvalue weighted by Crippen LogP contribution is 2.26. The van der Waals surface area contributed by atoms with Crippen molar-refractivity contribution in [3.05, 3.63) is 0 Å². The van der Waals surface area contributed by atoms with Gasteiger partial charge in [-0.3, -0.25) is 0 Å². The second-order valence-corrected chi connectivity index (χ2v) is 3.55. The molecule has 0 radical (unpaired) electrons. The van der Waals surface area contributed by atoms with Crippen LogP contribution < -0.4 is 0 Å². The van der Waals surface area contributed by atoms with Gasteiger partial charge in [0.1, 0.15) is 0 Å². The highest BCUT2D eigenvalue weighted by atomic mass is 16.5. The molecule has 0 aliphatic heterocycles. The summed E-state index contributed by atoms with van der Waals surface area (Å²) in [4.78, 5) is 0. The molecular formula is C10H20O2. The molecule has 2 heteroatoms. The van der Waals surface area contributed by atoms with E-state index in [9.17, 15) is 0 Å². The Hall–Kier alpha value is -0.0800. The van der Waals surface area contributed by atoms with Gasteiger partial charge >= 0.3 is 0 Å². The molecule has 0 spiro atoms. The van der Waals surface area contributed by atoms with Crippen molar-refractivity contribution in [2.45, 2.75) is 38.7 Å².